The van der Waals surface area contributed by atoms with Crippen LogP contribution in [0.5, 0.6) is 17.2 Å². The first-order valence-corrected chi connectivity index (χ1v) is 12.7. The van der Waals surface area contributed by atoms with Crippen molar-refractivity contribution in [1.29, 1.82) is 0 Å². The maximum absolute atomic E-state index is 13.3. The van der Waals surface area contributed by atoms with Gasteiger partial charge in [0.1, 0.15) is 18.1 Å². The van der Waals surface area contributed by atoms with Crippen LogP contribution in [0.4, 0.5) is 0 Å². The lowest BCUT2D eigenvalue weighted by Crippen LogP contribution is -2.35. The number of methoxy groups -OCH3 is 2. The first-order valence-electron chi connectivity index (χ1n) is 12.7. The minimum Gasteiger partial charge on any atom is -0.507 e. The Hall–Kier alpha value is -4.30. The van der Waals surface area contributed by atoms with Gasteiger partial charge in [0.05, 0.1) is 25.8 Å². The summed E-state index contributed by atoms with van der Waals surface area (Å²) in [6.45, 7) is 3.22. The molecule has 0 aliphatic carbocycles. The fourth-order valence-corrected chi connectivity index (χ4v) is 4.51. The van der Waals surface area contributed by atoms with Gasteiger partial charge in [0, 0.05) is 18.7 Å². The Kier molecular flexibility index (Phi) is 8.56. The molecule has 8 heteroatoms. The van der Waals surface area contributed by atoms with Gasteiger partial charge in [0.2, 0.25) is 0 Å². The lowest BCUT2D eigenvalue weighted by Gasteiger charge is -2.27. The first-order chi connectivity index (χ1) is 18.7. The zero-order valence-electron chi connectivity index (χ0n) is 22.9. The van der Waals surface area contributed by atoms with Crippen LogP contribution in [0, 0.1) is 6.92 Å². The molecular weight excluding hydrogens is 496 g/mol. The van der Waals surface area contributed by atoms with Gasteiger partial charge in [0.25, 0.3) is 11.7 Å². The van der Waals surface area contributed by atoms with E-state index in [4.69, 9.17) is 14.2 Å². The Morgan fingerprint density at radius 2 is 1.69 bits per heavy atom. The van der Waals surface area contributed by atoms with Gasteiger partial charge in [-0.05, 0) is 56.4 Å². The third-order valence-electron chi connectivity index (χ3n) is 6.69. The van der Waals surface area contributed by atoms with Crippen LogP contribution in [0.15, 0.2) is 72.3 Å². The molecule has 0 aromatic heterocycles. The largest absolute Gasteiger partial charge is 0.507 e. The molecule has 1 amide bonds. The predicted octanol–water partition coefficient (Wildman–Crippen LogP) is 4.57. The Morgan fingerprint density at radius 1 is 0.949 bits per heavy atom. The van der Waals surface area contributed by atoms with Crippen molar-refractivity contribution in [2.24, 2.45) is 0 Å². The molecule has 1 N–H and O–H groups in total. The summed E-state index contributed by atoms with van der Waals surface area (Å²) in [4.78, 5) is 29.9. The Bertz CT molecular complexity index is 1380. The van der Waals surface area contributed by atoms with Gasteiger partial charge < -0.3 is 29.1 Å². The number of rotatable bonds is 10. The number of nitrogens with zero attached hydrogens (tertiary/aromatic N) is 2. The zero-order valence-corrected chi connectivity index (χ0v) is 22.9. The van der Waals surface area contributed by atoms with E-state index in [0.29, 0.717) is 48.1 Å². The summed E-state index contributed by atoms with van der Waals surface area (Å²) in [6.07, 6.45) is 0. The highest BCUT2D eigenvalue weighted by Gasteiger charge is 2.46. The van der Waals surface area contributed by atoms with Crippen LogP contribution in [-0.4, -0.2) is 68.0 Å². The molecule has 1 atom stereocenters. The number of aryl methyl sites for hydroxylation is 1. The lowest BCUT2D eigenvalue weighted by molar-refractivity contribution is -0.140. The van der Waals surface area contributed by atoms with Gasteiger partial charge in [-0.3, -0.25) is 9.59 Å². The molecule has 1 heterocycles. The van der Waals surface area contributed by atoms with Crippen LogP contribution in [-0.2, 0) is 16.2 Å². The van der Waals surface area contributed by atoms with Crippen LogP contribution in [0.2, 0.25) is 0 Å². The summed E-state index contributed by atoms with van der Waals surface area (Å²) in [5, 5.41) is 11.3. The molecule has 0 radical (unpaired) electrons. The highest BCUT2D eigenvalue weighted by atomic mass is 16.5. The number of amides is 1. The number of ketones is 1. The molecule has 0 spiro atoms. The smallest absolute Gasteiger partial charge is 0.295 e. The van der Waals surface area contributed by atoms with Crippen molar-refractivity contribution in [3.05, 3.63) is 94.6 Å². The SMILES string of the molecule is COc1cccc(/C(O)=C2\C(=O)C(=O)N(CCN(C)C)[C@H]2c2ccc(OCc3ccc(C)cc3)c(OC)c2)c1. The number of likely N-dealkylation sites (N-methyl/N-ethyl adjacent to an activating group) is 1. The van der Waals surface area contributed by atoms with E-state index < -0.39 is 17.7 Å². The van der Waals surface area contributed by atoms with E-state index in [2.05, 4.69) is 0 Å². The predicted molar refractivity (Wildman–Crippen MR) is 149 cm³/mol. The number of ether oxygens (including phenoxy) is 3. The number of likely N-dealkylation sites (tertiary alicyclic amines) is 1. The quantitative estimate of drug-likeness (QED) is 0.233. The number of Topliss-reactive ketones (excluding diaryl/α,β-unsaturated/α-hetero) is 1. The second-order valence-electron chi connectivity index (χ2n) is 9.71. The van der Waals surface area contributed by atoms with Gasteiger partial charge in [-0.15, -0.1) is 0 Å². The molecule has 0 saturated carbocycles. The molecule has 3 aromatic rings. The molecule has 1 aliphatic rings. The van der Waals surface area contributed by atoms with Crippen LogP contribution < -0.4 is 14.2 Å². The Morgan fingerprint density at radius 3 is 2.36 bits per heavy atom. The van der Waals surface area contributed by atoms with Crippen molar-refractivity contribution in [2.75, 3.05) is 41.4 Å². The number of aliphatic hydroxyl groups is 1. The van der Waals surface area contributed by atoms with Gasteiger partial charge in [-0.2, -0.15) is 0 Å². The van der Waals surface area contributed by atoms with Crippen molar-refractivity contribution >= 4 is 17.4 Å². The monoisotopic (exact) mass is 530 g/mol. The van der Waals surface area contributed by atoms with Crippen molar-refractivity contribution in [2.45, 2.75) is 19.6 Å². The third-order valence-corrected chi connectivity index (χ3v) is 6.69. The van der Waals surface area contributed by atoms with Crippen LogP contribution in [0.1, 0.15) is 28.3 Å². The number of aliphatic hydroxyl groups excluding tert-OH is 1. The lowest BCUT2D eigenvalue weighted by atomic mass is 9.95. The second-order valence-corrected chi connectivity index (χ2v) is 9.71. The molecular formula is C31H34N2O6. The van der Waals surface area contributed by atoms with Crippen molar-refractivity contribution in [3.8, 4) is 17.2 Å². The number of benzene rings is 3. The molecule has 204 valence electrons. The van der Waals surface area contributed by atoms with Crippen LogP contribution in [0.25, 0.3) is 5.76 Å². The van der Waals surface area contributed by atoms with E-state index in [9.17, 15) is 14.7 Å². The maximum Gasteiger partial charge on any atom is 0.295 e. The van der Waals surface area contributed by atoms with Crippen molar-refractivity contribution in [1.82, 2.24) is 9.80 Å². The molecule has 0 unspecified atom stereocenters. The standard InChI is InChI=1S/C31H34N2O6/c1-20-9-11-21(12-10-20)19-39-25-14-13-22(18-26(25)38-5)28-27(29(34)23-7-6-8-24(17-23)37-4)30(35)31(36)33(28)16-15-32(2)3/h6-14,17-18,28,34H,15-16,19H2,1-5H3/b29-27+/t28-/m0/s1. The second kappa shape index (κ2) is 12.0. The number of carbonyl (C=O) groups is 2. The molecule has 1 aliphatic heterocycles. The van der Waals surface area contributed by atoms with Crippen molar-refractivity contribution < 1.29 is 28.9 Å². The molecule has 3 aromatic carbocycles. The van der Waals surface area contributed by atoms with E-state index in [0.717, 1.165) is 5.56 Å². The summed E-state index contributed by atoms with van der Waals surface area (Å²) < 4.78 is 17.0. The third kappa shape index (κ3) is 6.07. The highest BCUT2D eigenvalue weighted by molar-refractivity contribution is 6.46. The summed E-state index contributed by atoms with van der Waals surface area (Å²) >= 11 is 0. The average Bonchev–Trinajstić information content (AvgIpc) is 3.20. The molecule has 4 rings (SSSR count). The van der Waals surface area contributed by atoms with Gasteiger partial charge >= 0.3 is 0 Å². The number of hydrogen-bond donors (Lipinski definition) is 1. The van der Waals surface area contributed by atoms with Gasteiger partial charge in [-0.25, -0.2) is 0 Å². The Labute approximate surface area is 229 Å². The average molecular weight is 531 g/mol. The summed E-state index contributed by atoms with van der Waals surface area (Å²) in [5.74, 6) is -0.154. The zero-order chi connectivity index (χ0) is 28.1. The van der Waals surface area contributed by atoms with Gasteiger partial charge in [0.15, 0.2) is 11.5 Å². The fraction of sp³-hybridized carbons (Fsp3) is 0.290. The van der Waals surface area contributed by atoms with Crippen LogP contribution in [0.3, 0.4) is 0 Å². The normalized spacial score (nSPS) is 16.6. The van der Waals surface area contributed by atoms with E-state index in [1.54, 1.807) is 42.5 Å². The molecule has 0 bridgehead atoms. The minimum absolute atomic E-state index is 0.0161. The number of hydrogen-bond acceptors (Lipinski definition) is 7. The molecule has 39 heavy (non-hydrogen) atoms. The van der Waals surface area contributed by atoms with E-state index in [1.165, 1.54) is 24.7 Å². The van der Waals surface area contributed by atoms with E-state index >= 15 is 0 Å². The molecule has 1 fully saturated rings. The first kappa shape index (κ1) is 27.7. The summed E-state index contributed by atoms with van der Waals surface area (Å²) in [5.41, 5.74) is 3.21. The topological polar surface area (TPSA) is 88.5 Å². The fourth-order valence-electron chi connectivity index (χ4n) is 4.51. The number of carbonyl (C=O) groups excluding carboxylic acids is 2. The van der Waals surface area contributed by atoms with E-state index in [1.807, 2.05) is 50.2 Å². The van der Waals surface area contributed by atoms with E-state index in [-0.39, 0.29) is 11.3 Å². The van der Waals surface area contributed by atoms with Gasteiger partial charge in [-0.1, -0.05) is 48.0 Å². The summed E-state index contributed by atoms with van der Waals surface area (Å²) in [7, 11) is 6.85. The highest BCUT2D eigenvalue weighted by Crippen LogP contribution is 2.42. The maximum atomic E-state index is 13.3. The molecule has 1 saturated heterocycles. The van der Waals surface area contributed by atoms with Crippen molar-refractivity contribution in [3.63, 3.8) is 0 Å². The van der Waals surface area contributed by atoms with Crippen LogP contribution >= 0.6 is 0 Å². The summed E-state index contributed by atoms with van der Waals surface area (Å²) in [6, 6.07) is 19.3. The minimum atomic E-state index is -0.809. The Balaban J connectivity index is 1.75. The molecule has 8 nitrogen and oxygen atoms in total.